The number of methoxy groups -OCH3 is 1. The van der Waals surface area contributed by atoms with Crippen LogP contribution in [0.1, 0.15) is 35.8 Å². The van der Waals surface area contributed by atoms with Gasteiger partial charge >= 0.3 is 0 Å². The van der Waals surface area contributed by atoms with E-state index in [0.717, 1.165) is 23.4 Å². The van der Waals surface area contributed by atoms with Gasteiger partial charge in [0.05, 0.1) is 25.5 Å². The summed E-state index contributed by atoms with van der Waals surface area (Å²) in [4.78, 5) is 24.2. The summed E-state index contributed by atoms with van der Waals surface area (Å²) in [6.07, 6.45) is 6.07. The Balaban J connectivity index is 1.76. The number of carbonyl (C=O) groups is 1. The molecule has 3 aromatic heterocycles. The Bertz CT molecular complexity index is 923. The molecular weight excluding hydrogens is 346 g/mol. The first-order valence-electron chi connectivity index (χ1n) is 8.59. The van der Waals surface area contributed by atoms with Crippen molar-refractivity contribution in [3.05, 3.63) is 48.0 Å². The molecule has 0 aliphatic rings. The topological polar surface area (TPSA) is 92.0 Å². The molecule has 0 unspecified atom stereocenters. The van der Waals surface area contributed by atoms with Gasteiger partial charge in [-0.15, -0.1) is 0 Å². The van der Waals surface area contributed by atoms with Crippen LogP contribution in [0, 0.1) is 0 Å². The Kier molecular flexibility index (Phi) is 5.75. The number of rotatable bonds is 8. The largest absolute Gasteiger partial charge is 0.491 e. The number of carbonyl (C=O) groups excluding carboxylic acids is 1. The Morgan fingerprint density at radius 1 is 1.26 bits per heavy atom. The van der Waals surface area contributed by atoms with E-state index in [2.05, 4.69) is 20.1 Å². The lowest BCUT2D eigenvalue weighted by molar-refractivity contribution is 0.111. The van der Waals surface area contributed by atoms with Crippen molar-refractivity contribution in [2.24, 2.45) is 0 Å². The van der Waals surface area contributed by atoms with Crippen molar-refractivity contribution < 1.29 is 14.3 Å². The molecule has 0 radical (unpaired) electrons. The van der Waals surface area contributed by atoms with Gasteiger partial charge in [0.15, 0.2) is 12.1 Å². The molecule has 0 saturated heterocycles. The molecule has 0 aliphatic carbocycles. The second kappa shape index (κ2) is 8.39. The fraction of sp³-hybridized carbons (Fsp3) is 0.316. The van der Waals surface area contributed by atoms with E-state index in [-0.39, 0.29) is 6.04 Å². The van der Waals surface area contributed by atoms with Crippen molar-refractivity contribution in [3.63, 3.8) is 0 Å². The number of aldehydes is 1. The summed E-state index contributed by atoms with van der Waals surface area (Å²) >= 11 is 0. The number of pyridine rings is 2. The molecule has 3 aromatic rings. The summed E-state index contributed by atoms with van der Waals surface area (Å²) in [5, 5.41) is 4.28. The minimum atomic E-state index is 0.175. The summed E-state index contributed by atoms with van der Waals surface area (Å²) in [5.74, 6) is 1.51. The molecule has 0 aromatic carbocycles. The lowest BCUT2D eigenvalue weighted by atomic mass is 10.1. The molecular formula is C19H21N5O3. The molecule has 0 aliphatic heterocycles. The van der Waals surface area contributed by atoms with Crippen LogP contribution in [0.3, 0.4) is 0 Å². The second-order valence-electron chi connectivity index (χ2n) is 6.11. The lowest BCUT2D eigenvalue weighted by Gasteiger charge is -2.13. The number of aromatic nitrogens is 5. The molecule has 8 heteroatoms. The average Bonchev–Trinajstić information content (AvgIpc) is 3.18. The fourth-order valence-electron chi connectivity index (χ4n) is 2.67. The predicted octanol–water partition coefficient (Wildman–Crippen LogP) is 2.76. The summed E-state index contributed by atoms with van der Waals surface area (Å²) in [6.45, 7) is 4.45. The van der Waals surface area contributed by atoms with Crippen LogP contribution in [-0.4, -0.2) is 44.7 Å². The third kappa shape index (κ3) is 4.11. The highest BCUT2D eigenvalue weighted by Gasteiger charge is 2.15. The van der Waals surface area contributed by atoms with Crippen molar-refractivity contribution in [3.8, 4) is 23.1 Å². The molecule has 0 spiro atoms. The zero-order valence-corrected chi connectivity index (χ0v) is 15.5. The number of hydrogen-bond donors (Lipinski definition) is 0. The first-order chi connectivity index (χ1) is 13.1. The van der Waals surface area contributed by atoms with Crippen LogP contribution in [0.2, 0.25) is 0 Å². The third-order valence-corrected chi connectivity index (χ3v) is 4.00. The van der Waals surface area contributed by atoms with Crippen molar-refractivity contribution in [1.29, 1.82) is 0 Å². The highest BCUT2D eigenvalue weighted by molar-refractivity contribution is 5.79. The van der Waals surface area contributed by atoms with E-state index < -0.39 is 0 Å². The summed E-state index contributed by atoms with van der Waals surface area (Å²) in [6, 6.07) is 5.58. The molecule has 0 N–H and O–H groups in total. The summed E-state index contributed by atoms with van der Waals surface area (Å²) < 4.78 is 12.6. The highest BCUT2D eigenvalue weighted by Crippen LogP contribution is 2.23. The monoisotopic (exact) mass is 367 g/mol. The standard InChI is InChI=1S/C19H21N5O3/c1-13(2)24-19(22-12-23-24)18-14(5-4-7-20-18)6-8-27-16-10-21-17(26-3)9-15(16)11-25/h4-5,7,9-13H,6,8H2,1-3H3. The first-order valence-corrected chi connectivity index (χ1v) is 8.59. The van der Waals surface area contributed by atoms with E-state index in [4.69, 9.17) is 9.47 Å². The highest BCUT2D eigenvalue weighted by atomic mass is 16.5. The van der Waals surface area contributed by atoms with E-state index in [1.807, 2.05) is 30.7 Å². The predicted molar refractivity (Wildman–Crippen MR) is 99.0 cm³/mol. The Labute approximate surface area is 157 Å². The van der Waals surface area contributed by atoms with E-state index >= 15 is 0 Å². The molecule has 27 heavy (non-hydrogen) atoms. The van der Waals surface area contributed by atoms with E-state index in [1.54, 1.807) is 12.3 Å². The lowest BCUT2D eigenvalue weighted by Crippen LogP contribution is -2.09. The normalized spacial score (nSPS) is 10.8. The quantitative estimate of drug-likeness (QED) is 0.565. The summed E-state index contributed by atoms with van der Waals surface area (Å²) in [5.41, 5.74) is 2.16. The van der Waals surface area contributed by atoms with Gasteiger partial charge in [0.1, 0.15) is 17.8 Å². The van der Waals surface area contributed by atoms with Gasteiger partial charge in [-0.05, 0) is 25.5 Å². The number of hydrogen-bond acceptors (Lipinski definition) is 7. The van der Waals surface area contributed by atoms with Crippen molar-refractivity contribution in [2.45, 2.75) is 26.3 Å². The van der Waals surface area contributed by atoms with E-state index in [1.165, 1.54) is 19.6 Å². The smallest absolute Gasteiger partial charge is 0.213 e. The Morgan fingerprint density at radius 3 is 2.85 bits per heavy atom. The van der Waals surface area contributed by atoms with Gasteiger partial charge in [0.25, 0.3) is 0 Å². The van der Waals surface area contributed by atoms with Crippen LogP contribution in [-0.2, 0) is 6.42 Å². The molecule has 0 amide bonds. The number of ether oxygens (including phenoxy) is 2. The fourth-order valence-corrected chi connectivity index (χ4v) is 2.67. The van der Waals surface area contributed by atoms with E-state index in [0.29, 0.717) is 30.2 Å². The molecule has 0 fully saturated rings. The Hall–Kier alpha value is -3.29. The van der Waals surface area contributed by atoms with Crippen LogP contribution in [0.15, 0.2) is 36.9 Å². The molecule has 3 heterocycles. The van der Waals surface area contributed by atoms with Crippen LogP contribution in [0.4, 0.5) is 0 Å². The van der Waals surface area contributed by atoms with Crippen LogP contribution < -0.4 is 9.47 Å². The van der Waals surface area contributed by atoms with Gasteiger partial charge in [0, 0.05) is 24.7 Å². The molecule has 0 bridgehead atoms. The zero-order valence-electron chi connectivity index (χ0n) is 15.5. The summed E-state index contributed by atoms with van der Waals surface area (Å²) in [7, 11) is 1.50. The molecule has 0 atom stereocenters. The first kappa shape index (κ1) is 18.5. The maximum Gasteiger partial charge on any atom is 0.213 e. The van der Waals surface area contributed by atoms with Crippen molar-refractivity contribution in [2.75, 3.05) is 13.7 Å². The minimum absolute atomic E-state index is 0.175. The van der Waals surface area contributed by atoms with Gasteiger partial charge in [-0.3, -0.25) is 9.78 Å². The van der Waals surface area contributed by atoms with Crippen molar-refractivity contribution >= 4 is 6.29 Å². The van der Waals surface area contributed by atoms with Gasteiger partial charge in [-0.1, -0.05) is 6.07 Å². The van der Waals surface area contributed by atoms with Crippen molar-refractivity contribution in [1.82, 2.24) is 24.7 Å². The Morgan fingerprint density at radius 2 is 2.11 bits per heavy atom. The maximum absolute atomic E-state index is 11.2. The van der Waals surface area contributed by atoms with Gasteiger partial charge in [-0.2, -0.15) is 5.10 Å². The van der Waals surface area contributed by atoms with Crippen LogP contribution in [0.25, 0.3) is 11.5 Å². The maximum atomic E-state index is 11.2. The van der Waals surface area contributed by atoms with Gasteiger partial charge in [0.2, 0.25) is 5.88 Å². The van der Waals surface area contributed by atoms with Gasteiger partial charge in [-0.25, -0.2) is 14.6 Å². The average molecular weight is 367 g/mol. The molecule has 0 saturated carbocycles. The third-order valence-electron chi connectivity index (χ3n) is 4.00. The molecule has 140 valence electrons. The molecule has 3 rings (SSSR count). The minimum Gasteiger partial charge on any atom is -0.491 e. The molecule has 8 nitrogen and oxygen atoms in total. The zero-order chi connectivity index (χ0) is 19.2. The second-order valence-corrected chi connectivity index (χ2v) is 6.11. The van der Waals surface area contributed by atoms with E-state index in [9.17, 15) is 4.79 Å². The van der Waals surface area contributed by atoms with Gasteiger partial charge < -0.3 is 9.47 Å². The van der Waals surface area contributed by atoms with Crippen LogP contribution in [0.5, 0.6) is 11.6 Å². The number of nitrogens with zero attached hydrogens (tertiary/aromatic N) is 5. The van der Waals surface area contributed by atoms with Crippen LogP contribution >= 0.6 is 0 Å². The SMILES string of the molecule is COc1cc(C=O)c(OCCc2cccnc2-c2ncnn2C(C)C)cn1.